The quantitative estimate of drug-likeness (QED) is 0.594. The minimum Gasteiger partial charge on any atom is -0.276 e. The van der Waals surface area contributed by atoms with Gasteiger partial charge in [-0.2, -0.15) is 5.10 Å². The van der Waals surface area contributed by atoms with E-state index in [4.69, 9.17) is 23.2 Å². The molecule has 5 nitrogen and oxygen atoms in total. The van der Waals surface area contributed by atoms with E-state index in [-0.39, 0.29) is 4.90 Å². The van der Waals surface area contributed by atoms with Crippen LogP contribution in [0.3, 0.4) is 0 Å². The molecule has 0 aliphatic carbocycles. The Bertz CT molecular complexity index is 1020. The molecule has 0 unspecified atom stereocenters. The Morgan fingerprint density at radius 1 is 1.07 bits per heavy atom. The van der Waals surface area contributed by atoms with E-state index in [1.165, 1.54) is 6.20 Å². The van der Waals surface area contributed by atoms with Gasteiger partial charge in [-0.1, -0.05) is 55.2 Å². The molecule has 27 heavy (non-hydrogen) atoms. The molecule has 1 N–H and O–H groups in total. The number of halogens is 2. The second kappa shape index (κ2) is 7.92. The highest BCUT2D eigenvalue weighted by atomic mass is 35.5. The third-order valence-corrected chi connectivity index (χ3v) is 6.23. The predicted molar refractivity (Wildman–Crippen MR) is 109 cm³/mol. The summed E-state index contributed by atoms with van der Waals surface area (Å²) in [6.45, 7) is 4.45. The highest BCUT2D eigenvalue weighted by molar-refractivity contribution is 7.92. The first-order valence-corrected chi connectivity index (χ1v) is 10.6. The van der Waals surface area contributed by atoms with Crippen molar-refractivity contribution in [1.29, 1.82) is 0 Å². The predicted octanol–water partition coefficient (Wildman–Crippen LogP) is 5.16. The number of benzene rings is 2. The summed E-state index contributed by atoms with van der Waals surface area (Å²) < 4.78 is 29.3. The van der Waals surface area contributed by atoms with Gasteiger partial charge >= 0.3 is 0 Å². The molecule has 0 radical (unpaired) electrons. The van der Waals surface area contributed by atoms with Crippen LogP contribution in [0.25, 0.3) is 0 Å². The first-order chi connectivity index (χ1) is 12.8. The van der Waals surface area contributed by atoms with Crippen LogP contribution in [0.4, 0.5) is 5.69 Å². The Hall–Kier alpha value is -2.02. The fraction of sp³-hybridized carbons (Fsp3) is 0.211. The van der Waals surface area contributed by atoms with Crippen LogP contribution in [0.5, 0.6) is 0 Å². The molecule has 0 fully saturated rings. The van der Waals surface area contributed by atoms with Crippen molar-refractivity contribution in [3.63, 3.8) is 0 Å². The van der Waals surface area contributed by atoms with Gasteiger partial charge in [0.2, 0.25) is 0 Å². The lowest BCUT2D eigenvalue weighted by Crippen LogP contribution is -2.12. The smallest absolute Gasteiger partial charge is 0.261 e. The highest BCUT2D eigenvalue weighted by Crippen LogP contribution is 2.25. The Morgan fingerprint density at radius 2 is 1.70 bits per heavy atom. The van der Waals surface area contributed by atoms with Crippen LogP contribution >= 0.6 is 23.2 Å². The van der Waals surface area contributed by atoms with Gasteiger partial charge in [0, 0.05) is 21.8 Å². The van der Waals surface area contributed by atoms with E-state index in [9.17, 15) is 8.42 Å². The summed E-state index contributed by atoms with van der Waals surface area (Å²) in [6.07, 6.45) is 3.05. The van der Waals surface area contributed by atoms with Gasteiger partial charge in [0.15, 0.2) is 0 Å². The maximum Gasteiger partial charge on any atom is 0.261 e. The Morgan fingerprint density at radius 3 is 2.30 bits per heavy atom. The number of aromatic nitrogens is 2. The minimum atomic E-state index is -3.69. The zero-order valence-electron chi connectivity index (χ0n) is 14.9. The summed E-state index contributed by atoms with van der Waals surface area (Å²) in [7, 11) is -3.69. The SMILES string of the molecule is CC(C)c1ccc(S(=O)(=O)Nc2cnn(Cc3c(Cl)cccc3Cl)c2)cc1. The number of hydrogen-bond acceptors (Lipinski definition) is 3. The largest absolute Gasteiger partial charge is 0.276 e. The van der Waals surface area contributed by atoms with Gasteiger partial charge in [-0.25, -0.2) is 8.42 Å². The third-order valence-electron chi connectivity index (χ3n) is 4.12. The maximum absolute atomic E-state index is 12.6. The number of sulfonamides is 1. The number of nitrogens with one attached hydrogen (secondary N) is 1. The molecular weight excluding hydrogens is 405 g/mol. The Labute approximate surface area is 169 Å². The van der Waals surface area contributed by atoms with E-state index in [1.807, 2.05) is 12.1 Å². The molecule has 1 heterocycles. The standard InChI is InChI=1S/C19H19Cl2N3O2S/c1-13(2)14-6-8-16(9-7-14)27(25,26)23-15-10-22-24(11-15)12-17-18(20)4-3-5-19(17)21/h3-11,13,23H,12H2,1-2H3. The molecule has 1 aromatic heterocycles. The molecule has 142 valence electrons. The van der Waals surface area contributed by atoms with Crippen LogP contribution in [-0.4, -0.2) is 18.2 Å². The molecule has 2 aromatic carbocycles. The van der Waals surface area contributed by atoms with Crippen molar-refractivity contribution >= 4 is 38.9 Å². The van der Waals surface area contributed by atoms with E-state index in [0.717, 1.165) is 11.1 Å². The van der Waals surface area contributed by atoms with Gasteiger partial charge in [-0.15, -0.1) is 0 Å². The average molecular weight is 424 g/mol. The second-order valence-electron chi connectivity index (χ2n) is 6.46. The van der Waals surface area contributed by atoms with Gasteiger partial charge in [-0.05, 0) is 35.7 Å². The summed E-state index contributed by atoms with van der Waals surface area (Å²) in [5.41, 5.74) is 2.17. The lowest BCUT2D eigenvalue weighted by Gasteiger charge is -2.09. The van der Waals surface area contributed by atoms with E-state index >= 15 is 0 Å². The van der Waals surface area contributed by atoms with Gasteiger partial charge in [0.1, 0.15) is 0 Å². The van der Waals surface area contributed by atoms with Gasteiger partial charge in [0.25, 0.3) is 10.0 Å². The number of hydrogen-bond donors (Lipinski definition) is 1. The van der Waals surface area contributed by atoms with Gasteiger partial charge < -0.3 is 0 Å². The van der Waals surface area contributed by atoms with E-state index in [0.29, 0.717) is 28.2 Å². The van der Waals surface area contributed by atoms with Crippen molar-refractivity contribution < 1.29 is 8.42 Å². The van der Waals surface area contributed by atoms with Gasteiger partial charge in [0.05, 0.1) is 23.3 Å². The molecule has 3 rings (SSSR count). The molecule has 0 aliphatic heterocycles. The molecule has 0 bridgehead atoms. The van der Waals surface area contributed by atoms with Crippen molar-refractivity contribution in [3.8, 4) is 0 Å². The summed E-state index contributed by atoms with van der Waals surface area (Å²) in [5.74, 6) is 0.338. The molecule has 0 amide bonds. The lowest BCUT2D eigenvalue weighted by atomic mass is 10.0. The maximum atomic E-state index is 12.6. The van der Waals surface area contributed by atoms with Crippen LogP contribution in [0.2, 0.25) is 10.0 Å². The zero-order chi connectivity index (χ0) is 19.6. The minimum absolute atomic E-state index is 0.203. The Kier molecular flexibility index (Phi) is 5.79. The molecular formula is C19H19Cl2N3O2S. The van der Waals surface area contributed by atoms with E-state index in [2.05, 4.69) is 23.7 Å². The van der Waals surface area contributed by atoms with Crippen LogP contribution in [0.1, 0.15) is 30.9 Å². The summed E-state index contributed by atoms with van der Waals surface area (Å²) in [5, 5.41) is 5.25. The van der Waals surface area contributed by atoms with Crippen molar-refractivity contribution in [2.75, 3.05) is 4.72 Å². The first-order valence-electron chi connectivity index (χ1n) is 8.34. The van der Waals surface area contributed by atoms with Crippen LogP contribution < -0.4 is 4.72 Å². The number of nitrogens with zero attached hydrogens (tertiary/aromatic N) is 2. The first kappa shape index (κ1) is 19.7. The summed E-state index contributed by atoms with van der Waals surface area (Å²) in [4.78, 5) is 0.203. The van der Waals surface area contributed by atoms with Crippen molar-refractivity contribution in [3.05, 3.63) is 76.0 Å². The van der Waals surface area contributed by atoms with Crippen molar-refractivity contribution in [2.45, 2.75) is 31.2 Å². The van der Waals surface area contributed by atoms with Gasteiger partial charge in [-0.3, -0.25) is 9.40 Å². The van der Waals surface area contributed by atoms with Crippen LogP contribution in [0, 0.1) is 0 Å². The lowest BCUT2D eigenvalue weighted by molar-refractivity contribution is 0.601. The molecule has 0 aliphatic rings. The number of anilines is 1. The fourth-order valence-electron chi connectivity index (χ4n) is 2.59. The fourth-order valence-corrected chi connectivity index (χ4v) is 4.14. The molecule has 8 heteroatoms. The van der Waals surface area contributed by atoms with E-state index < -0.39 is 10.0 Å². The number of rotatable bonds is 6. The normalized spacial score (nSPS) is 11.7. The molecule has 0 atom stereocenters. The second-order valence-corrected chi connectivity index (χ2v) is 8.95. The molecule has 0 saturated heterocycles. The molecule has 3 aromatic rings. The molecule has 0 saturated carbocycles. The van der Waals surface area contributed by atoms with Crippen molar-refractivity contribution in [2.24, 2.45) is 0 Å². The third kappa shape index (κ3) is 4.64. The Balaban J connectivity index is 1.76. The van der Waals surface area contributed by atoms with Crippen molar-refractivity contribution in [1.82, 2.24) is 9.78 Å². The van der Waals surface area contributed by atoms with Crippen LogP contribution in [-0.2, 0) is 16.6 Å². The summed E-state index contributed by atoms with van der Waals surface area (Å²) >= 11 is 12.3. The highest BCUT2D eigenvalue weighted by Gasteiger charge is 2.16. The topological polar surface area (TPSA) is 64.0 Å². The van der Waals surface area contributed by atoms with E-state index in [1.54, 1.807) is 41.2 Å². The zero-order valence-corrected chi connectivity index (χ0v) is 17.2. The average Bonchev–Trinajstić information content (AvgIpc) is 3.05. The summed E-state index contributed by atoms with van der Waals surface area (Å²) in [6, 6.07) is 12.1. The molecule has 0 spiro atoms. The monoisotopic (exact) mass is 423 g/mol. The van der Waals surface area contributed by atoms with Crippen LogP contribution in [0.15, 0.2) is 59.8 Å².